The molecule has 2 aromatic heterocycles. The summed E-state index contributed by atoms with van der Waals surface area (Å²) in [4.78, 5) is 45.8. The zero-order chi connectivity index (χ0) is 36.1. The maximum atomic E-state index is 11.9. The van der Waals surface area contributed by atoms with Crippen LogP contribution in [0, 0.1) is 0 Å². The van der Waals surface area contributed by atoms with E-state index in [9.17, 15) is 19.2 Å². The predicted molar refractivity (Wildman–Crippen MR) is 208 cm³/mol. The van der Waals surface area contributed by atoms with Crippen molar-refractivity contribution in [2.24, 2.45) is 0 Å². The summed E-state index contributed by atoms with van der Waals surface area (Å²) in [5.41, 5.74) is 1.64. The third-order valence-corrected chi connectivity index (χ3v) is 5.39. The topological polar surface area (TPSA) is 254 Å². The van der Waals surface area contributed by atoms with Gasteiger partial charge in [0, 0.05) is 44.3 Å². The number of aliphatic hydroxyl groups is 1. The van der Waals surface area contributed by atoms with Gasteiger partial charge >= 0.3 is 104 Å². The van der Waals surface area contributed by atoms with E-state index in [2.05, 4.69) is 83.9 Å². The van der Waals surface area contributed by atoms with Crippen molar-refractivity contribution in [2.75, 3.05) is 35.5 Å². The molecule has 0 saturated heterocycles. The van der Waals surface area contributed by atoms with Crippen molar-refractivity contribution in [3.63, 3.8) is 0 Å². The molecule has 0 aliphatic carbocycles. The molecule has 15 nitrogen and oxygen atoms in total. The Morgan fingerprint density at radius 3 is 1.24 bits per heavy atom. The first-order valence-corrected chi connectivity index (χ1v) is 31.1. The van der Waals surface area contributed by atoms with Gasteiger partial charge in [0.15, 0.2) is 11.5 Å². The van der Waals surface area contributed by atoms with Crippen molar-refractivity contribution in [1.29, 1.82) is 0 Å². The molecule has 274 valence electrons. The molecule has 0 unspecified atom stereocenters. The number of halogens is 5. The van der Waals surface area contributed by atoms with Gasteiger partial charge in [-0.3, -0.25) is 0 Å². The molecule has 6 N–H and O–H groups in total. The average molecular weight is 1280 g/mol. The molecule has 0 bridgehead atoms. The Bertz CT molecular complexity index is 1570. The summed E-state index contributed by atoms with van der Waals surface area (Å²) in [5, 5.41) is 25.1. The molecule has 4 aromatic rings. The summed E-state index contributed by atoms with van der Waals surface area (Å²) in [6.07, 6.45) is 0. The monoisotopic (exact) mass is 1280 g/mol. The van der Waals surface area contributed by atoms with Gasteiger partial charge in [-0.2, -0.15) is 0 Å². The Morgan fingerprint density at radius 2 is 0.920 bits per heavy atom. The first kappa shape index (κ1) is 55.8. The standard InChI is InChI=1S/C15H14O6.C13H10O6.CH4O.I3.I2.Na.2H2O/c1-18-11-10(9-7-5-4-6-8-9)12(14(16)19-2)21-13(11)15(17)20-3;1-18-9-8(7-5-3-2-4-6-7)10(12(14)15)19-11(9)13(16)17;1-2;1-3-2;1-2;;;/h4-8H,1-3H3;2-6H,1H3,(H,14,15)(H,16,17);2H,1H3;;;;2*1H2/q;;;-1;;+1;;/p-1. The van der Waals surface area contributed by atoms with Crippen LogP contribution in [0.3, 0.4) is 0 Å². The van der Waals surface area contributed by atoms with Gasteiger partial charge < -0.3 is 54.1 Å². The van der Waals surface area contributed by atoms with Crippen molar-refractivity contribution in [3.05, 3.63) is 83.7 Å². The normalized spacial score (nSPS) is 8.76. The number of methoxy groups -OCH3 is 4. The van der Waals surface area contributed by atoms with E-state index in [1.807, 2.05) is 6.07 Å². The number of rotatable bonds is 8. The van der Waals surface area contributed by atoms with E-state index in [-0.39, 0.29) is 69.1 Å². The Morgan fingerprint density at radius 1 is 0.620 bits per heavy atom. The minimum absolute atomic E-state index is 0. The number of carbonyl (C=O) groups excluding carboxylic acids is 2. The number of aromatic carboxylic acids is 2. The van der Waals surface area contributed by atoms with Gasteiger partial charge in [-0.15, -0.1) is 0 Å². The molecule has 0 saturated carbocycles. The van der Waals surface area contributed by atoms with Gasteiger partial charge in [-0.25, -0.2) is 19.2 Å². The number of aliphatic hydroxyl groups excluding tert-OH is 1. The number of ether oxygens (including phenoxy) is 4. The minimum atomic E-state index is -1.39. The second kappa shape index (κ2) is 31.5. The second-order valence-corrected chi connectivity index (χ2v) is 24.0. The Kier molecular flexibility index (Phi) is 35.2. The van der Waals surface area contributed by atoms with Gasteiger partial charge in [0.25, 0.3) is 11.5 Å². The largest absolute Gasteiger partial charge is 1.00 e. The number of carboxylic acid groups (broad SMARTS) is 2. The SMILES string of the molecule is CO.COC(=O)c1oc(C(=O)OC)c(-c2ccccc2)c1OC.COc1c(C(=O)O)oc(C(=O)O)c1-c1ccccc1.II.I[I-]I.O.[Na+].[OH-]. The molecule has 0 radical (unpaired) electrons. The summed E-state index contributed by atoms with van der Waals surface area (Å²) in [6.45, 7) is 0. The number of carbonyl (C=O) groups is 4. The fourth-order valence-corrected chi connectivity index (χ4v) is 3.71. The average Bonchev–Trinajstić information content (AvgIpc) is 3.71. The molecule has 4 rings (SSSR count). The van der Waals surface area contributed by atoms with Crippen molar-refractivity contribution in [3.8, 4) is 33.8 Å². The van der Waals surface area contributed by atoms with E-state index in [4.69, 9.17) is 33.6 Å². The third-order valence-electron chi connectivity index (χ3n) is 5.39. The van der Waals surface area contributed by atoms with Crippen LogP contribution >= 0.6 is 74.5 Å². The molecule has 21 heteroatoms. The van der Waals surface area contributed by atoms with Crippen LogP contribution in [-0.2, 0) is 9.47 Å². The Labute approximate surface area is 362 Å². The summed E-state index contributed by atoms with van der Waals surface area (Å²) < 4.78 is 29.7. The van der Waals surface area contributed by atoms with Crippen LogP contribution in [0.15, 0.2) is 69.5 Å². The Hall–Kier alpha value is -0.990. The van der Waals surface area contributed by atoms with Gasteiger partial charge in [-0.1, -0.05) is 60.7 Å². The van der Waals surface area contributed by atoms with E-state index in [0.717, 1.165) is 7.11 Å². The van der Waals surface area contributed by atoms with E-state index in [1.165, 1.54) is 28.4 Å². The second-order valence-electron chi connectivity index (χ2n) is 7.72. The van der Waals surface area contributed by atoms with Crippen LogP contribution in [0.1, 0.15) is 42.2 Å². The fraction of sp³-hybridized carbons (Fsp3) is 0.172. The molecular formula is C29H31I5NaO15-. The molecule has 0 spiro atoms. The molecule has 2 heterocycles. The fourth-order valence-electron chi connectivity index (χ4n) is 3.71. The van der Waals surface area contributed by atoms with Gasteiger partial charge in [0.2, 0.25) is 11.5 Å². The van der Waals surface area contributed by atoms with E-state index >= 15 is 0 Å². The summed E-state index contributed by atoms with van der Waals surface area (Å²) in [5.74, 6) is -5.43. The number of benzene rings is 2. The molecular weight excluding hydrogens is 1250 g/mol. The summed E-state index contributed by atoms with van der Waals surface area (Å²) in [7, 11) is 6.08. The minimum Gasteiger partial charge on any atom is -0.870 e. The Balaban J connectivity index is -0.000000342. The van der Waals surface area contributed by atoms with Crippen LogP contribution in [-0.4, -0.2) is 85.7 Å². The number of furan rings is 2. The van der Waals surface area contributed by atoms with Crippen molar-refractivity contribution in [2.45, 2.75) is 0 Å². The molecule has 0 atom stereocenters. The van der Waals surface area contributed by atoms with E-state index < -0.39 is 35.4 Å². The van der Waals surface area contributed by atoms with Crippen LogP contribution < -0.4 is 52.3 Å². The maximum absolute atomic E-state index is 11.9. The number of carboxylic acids is 2. The molecule has 0 aliphatic rings. The summed E-state index contributed by atoms with van der Waals surface area (Å²) in [6, 6.07) is 17.4. The number of esters is 2. The smallest absolute Gasteiger partial charge is 0.870 e. The van der Waals surface area contributed by atoms with Gasteiger partial charge in [-0.05, 0) is 11.1 Å². The molecule has 2 aromatic carbocycles. The molecule has 50 heavy (non-hydrogen) atoms. The molecule has 0 fully saturated rings. The predicted octanol–water partition coefficient (Wildman–Crippen LogP) is 1.04. The van der Waals surface area contributed by atoms with Crippen LogP contribution in [0.5, 0.6) is 11.5 Å². The summed E-state index contributed by atoms with van der Waals surface area (Å²) >= 11 is 9.54. The van der Waals surface area contributed by atoms with Gasteiger partial charge in [0.1, 0.15) is 0 Å². The first-order valence-electron chi connectivity index (χ1n) is 12.2. The van der Waals surface area contributed by atoms with Gasteiger partial charge in [0.05, 0.1) is 39.6 Å². The maximum Gasteiger partial charge on any atom is 1.00 e. The zero-order valence-electron chi connectivity index (χ0n) is 27.0. The van der Waals surface area contributed by atoms with Crippen LogP contribution in [0.25, 0.3) is 22.3 Å². The van der Waals surface area contributed by atoms with Crippen LogP contribution in [0.4, 0.5) is 0 Å². The van der Waals surface area contributed by atoms with Crippen LogP contribution in [0.2, 0.25) is 0 Å². The number of hydrogen-bond donors (Lipinski definition) is 3. The van der Waals surface area contributed by atoms with Crippen molar-refractivity contribution in [1.82, 2.24) is 0 Å². The van der Waals surface area contributed by atoms with Crippen molar-refractivity contribution < 1.29 is 116 Å². The quantitative estimate of drug-likeness (QED) is 0.127. The number of hydrogen-bond acceptors (Lipinski definition) is 12. The molecule has 0 amide bonds. The van der Waals surface area contributed by atoms with E-state index in [1.54, 1.807) is 54.6 Å². The van der Waals surface area contributed by atoms with E-state index in [0.29, 0.717) is 29.9 Å². The molecule has 0 aliphatic heterocycles. The van der Waals surface area contributed by atoms with Crippen molar-refractivity contribution >= 4 is 98.3 Å². The third kappa shape index (κ3) is 15.9. The zero-order valence-corrected chi connectivity index (χ0v) is 39.8. The first-order chi connectivity index (χ1) is 22.6.